The van der Waals surface area contributed by atoms with Crippen molar-refractivity contribution in [1.82, 2.24) is 10.2 Å². The third kappa shape index (κ3) is 2.75. The maximum Gasteiger partial charge on any atom is 0.317 e. The van der Waals surface area contributed by atoms with Crippen molar-refractivity contribution in [3.8, 4) is 6.07 Å². The molecule has 1 heterocycles. The van der Waals surface area contributed by atoms with Crippen molar-refractivity contribution < 1.29 is 9.53 Å². The van der Waals surface area contributed by atoms with E-state index in [1.165, 1.54) is 5.56 Å². The van der Waals surface area contributed by atoms with Crippen LogP contribution in [0.5, 0.6) is 0 Å². The van der Waals surface area contributed by atoms with Gasteiger partial charge in [0.25, 0.3) is 0 Å². The number of ether oxygens (including phenoxy) is 1. The van der Waals surface area contributed by atoms with Crippen LogP contribution >= 0.6 is 0 Å². The van der Waals surface area contributed by atoms with Gasteiger partial charge in [0.15, 0.2) is 6.10 Å². The Hall–Kier alpha value is -2.06. The van der Waals surface area contributed by atoms with Crippen molar-refractivity contribution in [2.75, 3.05) is 19.7 Å². The standard InChI is InChI=1S/C15H17N3O2/c16-9-12-10-18(6-7-20-12)15(19)17-14-8-13(14)11-4-2-1-3-5-11/h1-5,12-14H,6-8,10H2,(H,17,19)/t12?,13-,14+/m0/s1. The molecule has 2 amide bonds. The first-order valence-electron chi connectivity index (χ1n) is 6.89. The highest BCUT2D eigenvalue weighted by molar-refractivity contribution is 5.75. The molecule has 1 saturated carbocycles. The Morgan fingerprint density at radius 2 is 2.20 bits per heavy atom. The molecule has 20 heavy (non-hydrogen) atoms. The second-order valence-corrected chi connectivity index (χ2v) is 5.24. The van der Waals surface area contributed by atoms with E-state index in [0.29, 0.717) is 25.6 Å². The van der Waals surface area contributed by atoms with Crippen molar-refractivity contribution in [3.63, 3.8) is 0 Å². The molecule has 2 aliphatic rings. The Labute approximate surface area is 118 Å². The first-order chi connectivity index (χ1) is 9.78. The minimum Gasteiger partial charge on any atom is -0.360 e. The van der Waals surface area contributed by atoms with Crippen LogP contribution in [-0.4, -0.2) is 42.8 Å². The van der Waals surface area contributed by atoms with Gasteiger partial charge in [0.05, 0.1) is 19.2 Å². The highest BCUT2D eigenvalue weighted by atomic mass is 16.5. The molecule has 0 radical (unpaired) electrons. The van der Waals surface area contributed by atoms with Gasteiger partial charge in [0, 0.05) is 18.5 Å². The summed E-state index contributed by atoms with van der Waals surface area (Å²) < 4.78 is 5.24. The van der Waals surface area contributed by atoms with Crippen LogP contribution in [-0.2, 0) is 4.74 Å². The van der Waals surface area contributed by atoms with Crippen LogP contribution in [0, 0.1) is 11.3 Å². The van der Waals surface area contributed by atoms with Crippen LogP contribution in [0.25, 0.3) is 0 Å². The number of nitriles is 1. The summed E-state index contributed by atoms with van der Waals surface area (Å²) in [5.74, 6) is 0.424. The Balaban J connectivity index is 1.52. The van der Waals surface area contributed by atoms with Gasteiger partial charge in [-0.1, -0.05) is 30.3 Å². The van der Waals surface area contributed by atoms with Gasteiger partial charge in [-0.05, 0) is 12.0 Å². The largest absolute Gasteiger partial charge is 0.360 e. The van der Waals surface area contributed by atoms with E-state index in [1.807, 2.05) is 24.3 Å². The van der Waals surface area contributed by atoms with Crippen LogP contribution < -0.4 is 5.32 Å². The Morgan fingerprint density at radius 1 is 1.40 bits per heavy atom. The van der Waals surface area contributed by atoms with Crippen molar-refractivity contribution in [2.45, 2.75) is 24.5 Å². The van der Waals surface area contributed by atoms with Crippen molar-refractivity contribution in [2.24, 2.45) is 0 Å². The predicted octanol–water partition coefficient (Wildman–Crippen LogP) is 1.48. The minimum absolute atomic E-state index is 0.0861. The molecule has 0 bridgehead atoms. The summed E-state index contributed by atoms with van der Waals surface area (Å²) in [5, 5.41) is 11.9. The van der Waals surface area contributed by atoms with Crippen LogP contribution in [0.2, 0.25) is 0 Å². The van der Waals surface area contributed by atoms with Crippen molar-refractivity contribution in [3.05, 3.63) is 35.9 Å². The molecule has 1 saturated heterocycles. The lowest BCUT2D eigenvalue weighted by Crippen LogP contribution is -2.49. The number of nitrogens with zero attached hydrogens (tertiary/aromatic N) is 2. The number of benzene rings is 1. The number of hydrogen-bond donors (Lipinski definition) is 1. The third-order valence-corrected chi connectivity index (χ3v) is 3.82. The SMILES string of the molecule is N#CC1CN(C(=O)N[C@@H]2C[C@H]2c2ccccc2)CCO1. The number of nitrogens with one attached hydrogen (secondary N) is 1. The molecule has 1 aliphatic carbocycles. The molecule has 1 aliphatic heterocycles. The van der Waals surface area contributed by atoms with Gasteiger partial charge in [-0.15, -0.1) is 0 Å². The van der Waals surface area contributed by atoms with Crippen LogP contribution in [0.4, 0.5) is 4.79 Å². The van der Waals surface area contributed by atoms with Gasteiger partial charge in [-0.2, -0.15) is 5.26 Å². The molecular formula is C15H17N3O2. The maximum absolute atomic E-state index is 12.1. The van der Waals surface area contributed by atoms with E-state index in [1.54, 1.807) is 4.90 Å². The number of morpholine rings is 1. The van der Waals surface area contributed by atoms with Gasteiger partial charge in [0.2, 0.25) is 0 Å². The molecule has 0 spiro atoms. The molecule has 104 valence electrons. The zero-order chi connectivity index (χ0) is 13.9. The molecular weight excluding hydrogens is 254 g/mol. The highest BCUT2D eigenvalue weighted by Gasteiger charge is 2.40. The first kappa shape index (κ1) is 12.9. The summed E-state index contributed by atoms with van der Waals surface area (Å²) >= 11 is 0. The zero-order valence-electron chi connectivity index (χ0n) is 11.2. The predicted molar refractivity (Wildman–Crippen MR) is 73.0 cm³/mol. The number of hydrogen-bond acceptors (Lipinski definition) is 3. The average molecular weight is 271 g/mol. The van der Waals surface area contributed by atoms with E-state index >= 15 is 0 Å². The summed E-state index contributed by atoms with van der Waals surface area (Å²) in [5.41, 5.74) is 1.27. The molecule has 5 nitrogen and oxygen atoms in total. The molecule has 1 aromatic carbocycles. The molecule has 1 unspecified atom stereocenters. The summed E-state index contributed by atoms with van der Waals surface area (Å²) in [6, 6.07) is 12.4. The molecule has 1 N–H and O–H groups in total. The molecule has 3 atom stereocenters. The van der Waals surface area contributed by atoms with Gasteiger partial charge in [0.1, 0.15) is 0 Å². The topological polar surface area (TPSA) is 65.4 Å². The fourth-order valence-corrected chi connectivity index (χ4v) is 2.58. The Bertz CT molecular complexity index is 526. The van der Waals surface area contributed by atoms with Crippen LogP contribution in [0.15, 0.2) is 30.3 Å². The van der Waals surface area contributed by atoms with E-state index in [2.05, 4.69) is 17.4 Å². The van der Waals surface area contributed by atoms with E-state index in [0.717, 1.165) is 6.42 Å². The molecule has 0 aromatic heterocycles. The summed E-state index contributed by atoms with van der Waals surface area (Å²) in [6.45, 7) is 1.33. The van der Waals surface area contributed by atoms with Gasteiger partial charge in [-0.3, -0.25) is 0 Å². The van der Waals surface area contributed by atoms with Crippen LogP contribution in [0.3, 0.4) is 0 Å². The molecule has 1 aromatic rings. The van der Waals surface area contributed by atoms with Gasteiger partial charge in [-0.25, -0.2) is 4.79 Å². The number of rotatable bonds is 2. The summed E-state index contributed by atoms with van der Waals surface area (Å²) in [4.78, 5) is 13.8. The summed E-state index contributed by atoms with van der Waals surface area (Å²) in [6.07, 6.45) is 0.487. The number of urea groups is 1. The smallest absolute Gasteiger partial charge is 0.317 e. The second-order valence-electron chi connectivity index (χ2n) is 5.24. The van der Waals surface area contributed by atoms with Crippen molar-refractivity contribution >= 4 is 6.03 Å². The highest BCUT2D eigenvalue weighted by Crippen LogP contribution is 2.40. The van der Waals surface area contributed by atoms with Gasteiger partial charge < -0.3 is 15.0 Å². The quantitative estimate of drug-likeness (QED) is 0.886. The Kier molecular flexibility index (Phi) is 3.57. The molecule has 5 heteroatoms. The van der Waals surface area contributed by atoms with Crippen LogP contribution in [0.1, 0.15) is 17.9 Å². The summed E-state index contributed by atoms with van der Waals surface area (Å²) in [7, 11) is 0. The first-order valence-corrected chi connectivity index (χ1v) is 6.89. The van der Waals surface area contributed by atoms with E-state index < -0.39 is 6.10 Å². The number of carbonyl (C=O) groups excluding carboxylic acids is 1. The lowest BCUT2D eigenvalue weighted by atomic mass is 10.1. The van der Waals surface area contributed by atoms with E-state index in [9.17, 15) is 4.79 Å². The van der Waals surface area contributed by atoms with Crippen molar-refractivity contribution in [1.29, 1.82) is 5.26 Å². The number of amides is 2. The monoisotopic (exact) mass is 271 g/mol. The Morgan fingerprint density at radius 3 is 2.95 bits per heavy atom. The number of carbonyl (C=O) groups is 1. The lowest BCUT2D eigenvalue weighted by Gasteiger charge is -2.29. The minimum atomic E-state index is -0.501. The maximum atomic E-state index is 12.1. The zero-order valence-corrected chi connectivity index (χ0v) is 11.2. The second kappa shape index (κ2) is 5.51. The fourth-order valence-electron chi connectivity index (χ4n) is 2.58. The van der Waals surface area contributed by atoms with E-state index in [-0.39, 0.29) is 12.1 Å². The van der Waals surface area contributed by atoms with E-state index in [4.69, 9.17) is 10.00 Å². The third-order valence-electron chi connectivity index (χ3n) is 3.82. The normalized spacial score (nSPS) is 28.6. The molecule has 3 rings (SSSR count). The lowest BCUT2D eigenvalue weighted by molar-refractivity contribution is 0.0156. The fraction of sp³-hybridized carbons (Fsp3) is 0.467. The molecule has 2 fully saturated rings. The average Bonchev–Trinajstić information content (AvgIpc) is 3.27. The van der Waals surface area contributed by atoms with Gasteiger partial charge >= 0.3 is 6.03 Å².